The van der Waals surface area contributed by atoms with Crippen LogP contribution in [0.4, 0.5) is 0 Å². The van der Waals surface area contributed by atoms with E-state index in [1.807, 2.05) is 7.05 Å². The Bertz CT molecular complexity index is 979. The number of likely N-dealkylation sites (N-methyl/N-ethyl adjacent to an activating group) is 1. The number of benzene rings is 1. The van der Waals surface area contributed by atoms with Crippen LogP contribution in [0.1, 0.15) is 55.2 Å². The van der Waals surface area contributed by atoms with Gasteiger partial charge in [0.05, 0.1) is 6.10 Å². The number of ether oxygens (including phenoxy) is 1. The molecule has 3 aliphatic carbocycles. The number of fused-ring (bicyclic) bond motifs is 3. The first-order chi connectivity index (χ1) is 15.0. The van der Waals surface area contributed by atoms with Crippen LogP contribution in [-0.4, -0.2) is 50.1 Å². The summed E-state index contributed by atoms with van der Waals surface area (Å²) in [6, 6.07) is 6.39. The maximum Gasteiger partial charge on any atom is 0.262 e. The first-order valence-electron chi connectivity index (χ1n) is 11.5. The minimum absolute atomic E-state index is 0.0298. The van der Waals surface area contributed by atoms with Crippen molar-refractivity contribution in [3.05, 3.63) is 34.9 Å². The lowest BCUT2D eigenvalue weighted by Crippen LogP contribution is -2.53. The summed E-state index contributed by atoms with van der Waals surface area (Å²) in [4.78, 5) is 20.7. The van der Waals surface area contributed by atoms with Crippen LogP contribution in [0.5, 0.6) is 0 Å². The van der Waals surface area contributed by atoms with E-state index in [1.165, 1.54) is 18.4 Å². The summed E-state index contributed by atoms with van der Waals surface area (Å²) in [5.41, 5.74) is 8.41. The summed E-state index contributed by atoms with van der Waals surface area (Å²) in [6.07, 6.45) is 7.22. The average molecular weight is 421 g/mol. The van der Waals surface area contributed by atoms with Crippen LogP contribution in [0.25, 0.3) is 0 Å². The minimum atomic E-state index is -0.934. The fourth-order valence-corrected chi connectivity index (χ4v) is 5.79. The Kier molecular flexibility index (Phi) is 5.07. The summed E-state index contributed by atoms with van der Waals surface area (Å²) in [6.45, 7) is 1.20. The topological polar surface area (TPSA) is 80.0 Å². The summed E-state index contributed by atoms with van der Waals surface area (Å²) >= 11 is 0. The molecule has 31 heavy (non-hydrogen) atoms. The average Bonchev–Trinajstić information content (AvgIpc) is 3.53. The number of guanidine groups is 1. The minimum Gasteiger partial charge on any atom is -0.381 e. The first kappa shape index (κ1) is 20.5. The van der Waals surface area contributed by atoms with Gasteiger partial charge in [-0.15, -0.1) is 0 Å². The Morgan fingerprint density at radius 3 is 2.74 bits per heavy atom. The van der Waals surface area contributed by atoms with E-state index in [-0.39, 0.29) is 17.4 Å². The molecular weight excluding hydrogens is 388 g/mol. The molecule has 3 N–H and O–H groups in total. The molecule has 0 aromatic heterocycles. The Morgan fingerprint density at radius 2 is 2.06 bits per heavy atom. The summed E-state index contributed by atoms with van der Waals surface area (Å²) in [7, 11) is 3.66. The smallest absolute Gasteiger partial charge is 0.262 e. The monoisotopic (exact) mass is 420 g/mol. The predicted molar refractivity (Wildman–Crippen MR) is 120 cm³/mol. The standard InChI is InChI=1S/C25H32N4O2/c1-27-13-14-29-22(30)25(28-23(29)26)21-15-18(6-5-17-3-4-17)7-8-19(21)16-24(25)11-9-20(31-2)10-12-24/h7-8,15,17,20,27H,3-4,9-14,16H2,1-2H3,(H2,26,28). The van der Waals surface area contributed by atoms with Gasteiger partial charge < -0.3 is 15.8 Å². The summed E-state index contributed by atoms with van der Waals surface area (Å²) < 4.78 is 5.64. The molecule has 1 aromatic rings. The van der Waals surface area contributed by atoms with E-state index in [2.05, 4.69) is 35.4 Å². The molecule has 2 fully saturated rings. The zero-order valence-corrected chi connectivity index (χ0v) is 18.5. The molecule has 1 aliphatic heterocycles. The van der Waals surface area contributed by atoms with Crippen molar-refractivity contribution in [3.8, 4) is 11.8 Å². The van der Waals surface area contributed by atoms with Crippen LogP contribution in [0, 0.1) is 23.2 Å². The molecule has 1 aromatic carbocycles. The first-order valence-corrected chi connectivity index (χ1v) is 11.5. The van der Waals surface area contributed by atoms with Crippen LogP contribution in [0.15, 0.2) is 23.2 Å². The summed E-state index contributed by atoms with van der Waals surface area (Å²) in [5.74, 6) is 7.60. The number of carbonyl (C=O) groups excluding carboxylic acids is 1. The van der Waals surface area contributed by atoms with E-state index >= 15 is 0 Å². The van der Waals surface area contributed by atoms with E-state index in [9.17, 15) is 4.79 Å². The SMILES string of the molecule is CNCCN1C(=O)C2(N=C1N)c1cc(C#CC3CC3)ccc1CC21CCC(OC)CC1. The lowest BCUT2D eigenvalue weighted by molar-refractivity contribution is -0.138. The number of nitrogens with one attached hydrogen (secondary N) is 1. The van der Waals surface area contributed by atoms with Crippen LogP contribution >= 0.6 is 0 Å². The number of aliphatic imine (C=N–C) groups is 1. The maximum absolute atomic E-state index is 14.1. The van der Waals surface area contributed by atoms with Gasteiger partial charge in [-0.05, 0) is 75.3 Å². The number of carbonyl (C=O) groups is 1. The number of amides is 1. The van der Waals surface area contributed by atoms with Crippen molar-refractivity contribution in [3.63, 3.8) is 0 Å². The van der Waals surface area contributed by atoms with Crippen molar-refractivity contribution >= 4 is 11.9 Å². The van der Waals surface area contributed by atoms with Crippen LogP contribution in [-0.2, 0) is 21.5 Å². The highest BCUT2D eigenvalue weighted by atomic mass is 16.5. The molecule has 4 aliphatic rings. The van der Waals surface area contributed by atoms with Crippen LogP contribution in [0.3, 0.4) is 0 Å². The molecule has 0 saturated heterocycles. The van der Waals surface area contributed by atoms with Crippen molar-refractivity contribution in [2.45, 2.75) is 56.6 Å². The van der Waals surface area contributed by atoms with E-state index < -0.39 is 5.54 Å². The van der Waals surface area contributed by atoms with E-state index in [1.54, 1.807) is 12.0 Å². The predicted octanol–water partition coefficient (Wildman–Crippen LogP) is 2.15. The van der Waals surface area contributed by atoms with Gasteiger partial charge in [-0.1, -0.05) is 17.9 Å². The highest BCUT2D eigenvalue weighted by Gasteiger charge is 2.66. The lowest BCUT2D eigenvalue weighted by Gasteiger charge is -2.45. The molecule has 1 amide bonds. The van der Waals surface area contributed by atoms with Gasteiger partial charge in [-0.3, -0.25) is 9.69 Å². The maximum atomic E-state index is 14.1. The van der Waals surface area contributed by atoms with Gasteiger partial charge in [0.2, 0.25) is 0 Å². The van der Waals surface area contributed by atoms with Crippen LogP contribution in [0.2, 0.25) is 0 Å². The second-order valence-corrected chi connectivity index (χ2v) is 9.55. The van der Waals surface area contributed by atoms with Crippen molar-refractivity contribution < 1.29 is 9.53 Å². The molecule has 1 atom stereocenters. The molecule has 6 heteroatoms. The van der Waals surface area contributed by atoms with Crippen molar-refractivity contribution in [1.82, 2.24) is 10.2 Å². The second-order valence-electron chi connectivity index (χ2n) is 9.55. The zero-order valence-electron chi connectivity index (χ0n) is 18.5. The fraction of sp³-hybridized carbons (Fsp3) is 0.600. The Hall–Kier alpha value is -2.36. The van der Waals surface area contributed by atoms with Gasteiger partial charge in [0.25, 0.3) is 5.91 Å². The fourth-order valence-electron chi connectivity index (χ4n) is 5.79. The van der Waals surface area contributed by atoms with Crippen molar-refractivity contribution in [1.29, 1.82) is 0 Å². The third-order valence-electron chi connectivity index (χ3n) is 7.72. The Balaban J connectivity index is 1.59. The molecule has 6 nitrogen and oxygen atoms in total. The van der Waals surface area contributed by atoms with Crippen molar-refractivity contribution in [2.75, 3.05) is 27.2 Å². The third-order valence-corrected chi connectivity index (χ3v) is 7.72. The molecule has 2 spiro atoms. The molecule has 2 saturated carbocycles. The number of hydrogen-bond acceptors (Lipinski definition) is 5. The van der Waals surface area contributed by atoms with E-state index in [0.29, 0.717) is 25.0 Å². The van der Waals surface area contributed by atoms with E-state index in [0.717, 1.165) is 43.2 Å². The number of rotatable bonds is 4. The van der Waals surface area contributed by atoms with Gasteiger partial charge in [-0.25, -0.2) is 4.99 Å². The zero-order chi connectivity index (χ0) is 21.6. The highest BCUT2D eigenvalue weighted by molar-refractivity contribution is 6.08. The molecule has 0 radical (unpaired) electrons. The summed E-state index contributed by atoms with van der Waals surface area (Å²) in [5, 5.41) is 3.12. The van der Waals surface area contributed by atoms with Gasteiger partial charge in [-0.2, -0.15) is 0 Å². The quantitative estimate of drug-likeness (QED) is 0.732. The third kappa shape index (κ3) is 3.18. The number of methoxy groups -OCH3 is 1. The molecule has 0 bridgehead atoms. The normalized spacial score (nSPS) is 31.7. The molecule has 164 valence electrons. The molecule has 1 heterocycles. The highest BCUT2D eigenvalue weighted by Crippen LogP contribution is 2.61. The van der Waals surface area contributed by atoms with Gasteiger partial charge in [0, 0.05) is 37.1 Å². The second kappa shape index (κ2) is 7.65. The van der Waals surface area contributed by atoms with Crippen LogP contribution < -0.4 is 11.1 Å². The number of nitrogens with two attached hydrogens (primary N) is 1. The lowest BCUT2D eigenvalue weighted by atomic mass is 9.61. The van der Waals surface area contributed by atoms with Gasteiger partial charge in [0.1, 0.15) is 0 Å². The number of nitrogens with zero attached hydrogens (tertiary/aromatic N) is 2. The Morgan fingerprint density at radius 1 is 1.29 bits per heavy atom. The number of hydrogen-bond donors (Lipinski definition) is 2. The largest absolute Gasteiger partial charge is 0.381 e. The van der Waals surface area contributed by atoms with Gasteiger partial charge in [0.15, 0.2) is 11.5 Å². The van der Waals surface area contributed by atoms with Gasteiger partial charge >= 0.3 is 0 Å². The Labute approximate surface area is 184 Å². The molecule has 1 unspecified atom stereocenters. The molecule has 5 rings (SSSR count). The van der Waals surface area contributed by atoms with E-state index in [4.69, 9.17) is 15.5 Å². The molecular formula is C25H32N4O2. The van der Waals surface area contributed by atoms with Crippen molar-refractivity contribution in [2.24, 2.45) is 22.1 Å².